The van der Waals surface area contributed by atoms with E-state index >= 15 is 0 Å². The first kappa shape index (κ1) is 13.6. The number of hydrogen-bond donors (Lipinski definition) is 2. The van der Waals surface area contributed by atoms with Crippen LogP contribution in [-0.4, -0.2) is 34.1 Å². The summed E-state index contributed by atoms with van der Waals surface area (Å²) in [5, 5.41) is 8.97. The zero-order valence-electron chi connectivity index (χ0n) is 11.2. The van der Waals surface area contributed by atoms with E-state index in [4.69, 9.17) is 5.11 Å². The van der Waals surface area contributed by atoms with Crippen molar-refractivity contribution < 1.29 is 9.90 Å². The van der Waals surface area contributed by atoms with Crippen molar-refractivity contribution in [2.24, 2.45) is 5.92 Å². The van der Waals surface area contributed by atoms with Gasteiger partial charge in [-0.05, 0) is 18.8 Å². The van der Waals surface area contributed by atoms with Crippen LogP contribution in [0.5, 0.6) is 0 Å². The number of carboxylic acids is 1. The van der Waals surface area contributed by atoms with Crippen LogP contribution in [0.3, 0.4) is 0 Å². The third-order valence-corrected chi connectivity index (χ3v) is 3.12. The third-order valence-electron chi connectivity index (χ3n) is 3.12. The molecule has 0 saturated heterocycles. The van der Waals surface area contributed by atoms with E-state index in [0.717, 1.165) is 12.8 Å². The second kappa shape index (κ2) is 5.42. The molecule has 0 atom stereocenters. The Morgan fingerprint density at radius 1 is 1.58 bits per heavy atom. The van der Waals surface area contributed by atoms with Crippen molar-refractivity contribution >= 4 is 11.8 Å². The van der Waals surface area contributed by atoms with Gasteiger partial charge >= 0.3 is 5.97 Å². The van der Waals surface area contributed by atoms with Crippen LogP contribution in [0.4, 0.5) is 5.82 Å². The van der Waals surface area contributed by atoms with Gasteiger partial charge in [-0.15, -0.1) is 0 Å². The molecule has 6 nitrogen and oxygen atoms in total. The van der Waals surface area contributed by atoms with Gasteiger partial charge in [0.2, 0.25) is 0 Å². The molecule has 0 aliphatic heterocycles. The molecule has 0 spiro atoms. The SMILES string of the molecule is CC(C)c1nc(N(CC(=O)O)CC2CC2)cc(=O)[nH]1. The van der Waals surface area contributed by atoms with Crippen molar-refractivity contribution in [2.75, 3.05) is 18.0 Å². The Hall–Kier alpha value is -1.85. The van der Waals surface area contributed by atoms with E-state index in [1.807, 2.05) is 13.8 Å². The summed E-state index contributed by atoms with van der Waals surface area (Å²) in [4.78, 5) is 31.3. The fourth-order valence-corrected chi connectivity index (χ4v) is 1.91. The monoisotopic (exact) mass is 265 g/mol. The van der Waals surface area contributed by atoms with Gasteiger partial charge < -0.3 is 15.0 Å². The van der Waals surface area contributed by atoms with E-state index in [0.29, 0.717) is 24.1 Å². The van der Waals surface area contributed by atoms with Crippen LogP contribution in [0, 0.1) is 5.92 Å². The fraction of sp³-hybridized carbons (Fsp3) is 0.615. The second-order valence-electron chi connectivity index (χ2n) is 5.36. The summed E-state index contributed by atoms with van der Waals surface area (Å²) in [5.41, 5.74) is -0.236. The van der Waals surface area contributed by atoms with Crippen LogP contribution in [0.25, 0.3) is 0 Å². The second-order valence-corrected chi connectivity index (χ2v) is 5.36. The van der Waals surface area contributed by atoms with Gasteiger partial charge in [-0.3, -0.25) is 9.59 Å². The molecule has 19 heavy (non-hydrogen) atoms. The first-order valence-corrected chi connectivity index (χ1v) is 6.53. The molecule has 104 valence electrons. The zero-order chi connectivity index (χ0) is 14.0. The van der Waals surface area contributed by atoms with Crippen molar-refractivity contribution in [3.63, 3.8) is 0 Å². The molecule has 1 heterocycles. The molecular weight excluding hydrogens is 246 g/mol. The molecule has 1 fully saturated rings. The Morgan fingerprint density at radius 3 is 2.79 bits per heavy atom. The molecule has 0 unspecified atom stereocenters. The summed E-state index contributed by atoms with van der Waals surface area (Å²) in [7, 11) is 0. The van der Waals surface area contributed by atoms with Gasteiger partial charge in [0.05, 0.1) is 0 Å². The third kappa shape index (κ3) is 3.81. The standard InChI is InChI=1S/C13H19N3O3/c1-8(2)13-14-10(5-11(17)15-13)16(7-12(18)19)6-9-3-4-9/h5,8-9H,3-4,6-7H2,1-2H3,(H,18,19)(H,14,15,17). The smallest absolute Gasteiger partial charge is 0.323 e. The highest BCUT2D eigenvalue weighted by molar-refractivity contribution is 5.73. The molecule has 0 amide bonds. The average Bonchev–Trinajstić information content (AvgIpc) is 3.10. The lowest BCUT2D eigenvalue weighted by molar-refractivity contribution is -0.135. The highest BCUT2D eigenvalue weighted by Crippen LogP contribution is 2.30. The minimum atomic E-state index is -0.908. The van der Waals surface area contributed by atoms with E-state index in [2.05, 4.69) is 9.97 Å². The van der Waals surface area contributed by atoms with Gasteiger partial charge in [0.25, 0.3) is 5.56 Å². The summed E-state index contributed by atoms with van der Waals surface area (Å²) < 4.78 is 0. The van der Waals surface area contributed by atoms with Gasteiger partial charge in [-0.25, -0.2) is 4.98 Å². The Morgan fingerprint density at radius 2 is 2.26 bits per heavy atom. The van der Waals surface area contributed by atoms with E-state index in [1.165, 1.54) is 6.07 Å². The van der Waals surface area contributed by atoms with Gasteiger partial charge in [0.1, 0.15) is 18.2 Å². The zero-order valence-corrected chi connectivity index (χ0v) is 11.2. The number of carbonyl (C=O) groups is 1. The summed E-state index contributed by atoms with van der Waals surface area (Å²) in [6.07, 6.45) is 2.24. The molecule has 1 aliphatic carbocycles. The fourth-order valence-electron chi connectivity index (χ4n) is 1.91. The highest BCUT2D eigenvalue weighted by Gasteiger charge is 2.26. The molecule has 2 rings (SSSR count). The number of nitrogens with zero attached hydrogens (tertiary/aromatic N) is 2. The first-order chi connectivity index (χ1) is 8.95. The lowest BCUT2D eigenvalue weighted by Gasteiger charge is -2.22. The highest BCUT2D eigenvalue weighted by atomic mass is 16.4. The first-order valence-electron chi connectivity index (χ1n) is 6.53. The normalized spacial score (nSPS) is 14.7. The number of rotatable bonds is 6. The number of nitrogens with one attached hydrogen (secondary N) is 1. The Kier molecular flexibility index (Phi) is 3.87. The topological polar surface area (TPSA) is 86.3 Å². The maximum atomic E-state index is 11.6. The van der Waals surface area contributed by atoms with Gasteiger partial charge in [0.15, 0.2) is 0 Å². The predicted octanol–water partition coefficient (Wildman–Crippen LogP) is 1.19. The number of aromatic amines is 1. The van der Waals surface area contributed by atoms with E-state index in [1.54, 1.807) is 4.90 Å². The number of anilines is 1. The van der Waals surface area contributed by atoms with Crippen molar-refractivity contribution in [2.45, 2.75) is 32.6 Å². The molecule has 0 radical (unpaired) electrons. The minimum Gasteiger partial charge on any atom is -0.480 e. The Labute approximate surface area is 111 Å². The molecule has 6 heteroatoms. The largest absolute Gasteiger partial charge is 0.480 e. The summed E-state index contributed by atoms with van der Waals surface area (Å²) in [6.45, 7) is 4.40. The van der Waals surface area contributed by atoms with Gasteiger partial charge in [-0.1, -0.05) is 13.8 Å². The predicted molar refractivity (Wildman–Crippen MR) is 71.5 cm³/mol. The minimum absolute atomic E-state index is 0.0975. The maximum absolute atomic E-state index is 11.6. The van der Waals surface area contributed by atoms with Crippen molar-refractivity contribution in [1.82, 2.24) is 9.97 Å². The lowest BCUT2D eigenvalue weighted by atomic mass is 10.2. The van der Waals surface area contributed by atoms with Crippen LogP contribution in [0.2, 0.25) is 0 Å². The van der Waals surface area contributed by atoms with E-state index in [9.17, 15) is 9.59 Å². The van der Waals surface area contributed by atoms with Crippen LogP contribution < -0.4 is 10.5 Å². The van der Waals surface area contributed by atoms with Crippen molar-refractivity contribution in [3.8, 4) is 0 Å². The van der Waals surface area contributed by atoms with E-state index in [-0.39, 0.29) is 18.0 Å². The molecular formula is C13H19N3O3. The van der Waals surface area contributed by atoms with E-state index < -0.39 is 5.97 Å². The quantitative estimate of drug-likeness (QED) is 0.807. The van der Waals surface area contributed by atoms with Crippen LogP contribution in [0.15, 0.2) is 10.9 Å². The molecule has 0 aromatic carbocycles. The van der Waals surface area contributed by atoms with Gasteiger partial charge in [0, 0.05) is 18.5 Å². The number of aromatic nitrogens is 2. The molecule has 1 aromatic rings. The molecule has 1 aromatic heterocycles. The van der Waals surface area contributed by atoms with Crippen LogP contribution in [-0.2, 0) is 4.79 Å². The number of carboxylic acid groups (broad SMARTS) is 1. The number of H-pyrrole nitrogens is 1. The van der Waals surface area contributed by atoms with Crippen LogP contribution >= 0.6 is 0 Å². The molecule has 2 N–H and O–H groups in total. The maximum Gasteiger partial charge on any atom is 0.323 e. The Balaban J connectivity index is 2.28. The molecule has 0 bridgehead atoms. The molecule has 1 saturated carbocycles. The summed E-state index contributed by atoms with van der Waals surface area (Å²) in [5.74, 6) is 0.771. The Bertz CT molecular complexity index is 520. The summed E-state index contributed by atoms with van der Waals surface area (Å²) >= 11 is 0. The number of aliphatic carboxylic acids is 1. The van der Waals surface area contributed by atoms with Crippen molar-refractivity contribution in [1.29, 1.82) is 0 Å². The number of hydrogen-bond acceptors (Lipinski definition) is 4. The summed E-state index contributed by atoms with van der Waals surface area (Å²) in [6, 6.07) is 1.37. The van der Waals surface area contributed by atoms with Crippen molar-refractivity contribution in [3.05, 3.63) is 22.2 Å². The molecule has 1 aliphatic rings. The lowest BCUT2D eigenvalue weighted by Crippen LogP contribution is -2.33. The average molecular weight is 265 g/mol. The van der Waals surface area contributed by atoms with Crippen LogP contribution in [0.1, 0.15) is 38.4 Å². The van der Waals surface area contributed by atoms with Gasteiger partial charge in [-0.2, -0.15) is 0 Å².